The van der Waals surface area contributed by atoms with E-state index in [1.54, 1.807) is 6.92 Å². The zero-order valence-corrected chi connectivity index (χ0v) is 9.58. The van der Waals surface area contributed by atoms with Gasteiger partial charge in [-0.3, -0.25) is 0 Å². The zero-order valence-electron chi connectivity index (χ0n) is 9.58. The summed E-state index contributed by atoms with van der Waals surface area (Å²) in [5, 5.41) is 5.95. The molecule has 98 valence electrons. The molecule has 0 heterocycles. The summed E-state index contributed by atoms with van der Waals surface area (Å²) in [6.45, 7) is 2.17. The van der Waals surface area contributed by atoms with Crippen LogP contribution >= 0.6 is 0 Å². The molecule has 0 aliphatic rings. The second kappa shape index (κ2) is 6.04. The van der Waals surface area contributed by atoms with Gasteiger partial charge in [-0.25, -0.2) is 10.2 Å². The summed E-state index contributed by atoms with van der Waals surface area (Å²) in [6, 6.07) is 4.13. The summed E-state index contributed by atoms with van der Waals surface area (Å²) in [7, 11) is 0. The maximum atomic E-state index is 12.4. The van der Waals surface area contributed by atoms with Crippen molar-refractivity contribution in [2.45, 2.75) is 13.1 Å². The Labute approximate surface area is 102 Å². The average molecular weight is 259 g/mol. The molecule has 0 spiro atoms. The fraction of sp³-hybridized carbons (Fsp3) is 0.273. The number of amides is 2. The predicted molar refractivity (Wildman–Crippen MR) is 61.2 cm³/mol. The van der Waals surface area contributed by atoms with Crippen LogP contribution in [-0.2, 0) is 6.18 Å². The second-order valence-corrected chi connectivity index (χ2v) is 3.35. The number of benzene rings is 1. The number of hydrogen-bond donors (Lipinski definition) is 2. The van der Waals surface area contributed by atoms with Crippen molar-refractivity contribution in [2.75, 3.05) is 6.54 Å². The van der Waals surface area contributed by atoms with Crippen LogP contribution in [0.5, 0.6) is 0 Å². The van der Waals surface area contributed by atoms with Gasteiger partial charge in [0.05, 0.1) is 11.8 Å². The highest BCUT2D eigenvalue weighted by molar-refractivity contribution is 5.82. The molecule has 0 saturated heterocycles. The number of carbonyl (C=O) groups excluding carboxylic acids is 1. The third-order valence-electron chi connectivity index (χ3n) is 1.93. The molecule has 0 saturated carbocycles. The lowest BCUT2D eigenvalue weighted by molar-refractivity contribution is -0.137. The van der Waals surface area contributed by atoms with Crippen LogP contribution in [0.25, 0.3) is 0 Å². The van der Waals surface area contributed by atoms with Crippen LogP contribution in [0.4, 0.5) is 18.0 Å². The quantitative estimate of drug-likeness (QED) is 0.635. The van der Waals surface area contributed by atoms with Crippen molar-refractivity contribution in [3.63, 3.8) is 0 Å². The van der Waals surface area contributed by atoms with Crippen molar-refractivity contribution >= 4 is 12.2 Å². The van der Waals surface area contributed by atoms with Gasteiger partial charge >= 0.3 is 12.2 Å². The van der Waals surface area contributed by atoms with Crippen LogP contribution in [0.3, 0.4) is 0 Å². The van der Waals surface area contributed by atoms with Gasteiger partial charge in [0, 0.05) is 6.54 Å². The Kier molecular flexibility index (Phi) is 4.70. The molecule has 4 nitrogen and oxygen atoms in total. The second-order valence-electron chi connectivity index (χ2n) is 3.35. The van der Waals surface area contributed by atoms with Crippen LogP contribution < -0.4 is 10.7 Å². The summed E-state index contributed by atoms with van der Waals surface area (Å²) in [5.74, 6) is 0. The molecule has 0 bridgehead atoms. The molecular weight excluding hydrogens is 247 g/mol. The van der Waals surface area contributed by atoms with Gasteiger partial charge < -0.3 is 5.32 Å². The van der Waals surface area contributed by atoms with E-state index in [9.17, 15) is 18.0 Å². The number of hydrogen-bond acceptors (Lipinski definition) is 2. The number of alkyl halides is 3. The van der Waals surface area contributed by atoms with Crippen molar-refractivity contribution in [1.29, 1.82) is 0 Å². The highest BCUT2D eigenvalue weighted by Gasteiger charge is 2.30. The molecule has 0 unspecified atom stereocenters. The molecule has 2 N–H and O–H groups in total. The predicted octanol–water partition coefficient (Wildman–Crippen LogP) is 2.36. The lowest BCUT2D eigenvalue weighted by Gasteiger charge is -2.06. The standard InChI is InChI=1S/C11H12F3N3O/c1-2-15-10(18)17-16-7-8-4-3-5-9(6-8)11(12,13)14/h3-7H,2H2,1H3,(H2,15,17,18)/b16-7+. The first kappa shape index (κ1) is 14.0. The van der Waals surface area contributed by atoms with E-state index in [2.05, 4.69) is 15.8 Å². The molecule has 18 heavy (non-hydrogen) atoms. The molecule has 1 aromatic carbocycles. The summed E-state index contributed by atoms with van der Waals surface area (Å²) in [4.78, 5) is 10.9. The van der Waals surface area contributed by atoms with Crippen molar-refractivity contribution < 1.29 is 18.0 Å². The molecule has 0 atom stereocenters. The highest BCUT2D eigenvalue weighted by atomic mass is 19.4. The third kappa shape index (κ3) is 4.44. The maximum Gasteiger partial charge on any atom is 0.416 e. The monoisotopic (exact) mass is 259 g/mol. The van der Waals surface area contributed by atoms with Crippen LogP contribution in [0.15, 0.2) is 29.4 Å². The van der Waals surface area contributed by atoms with Crippen LogP contribution in [0.2, 0.25) is 0 Å². The van der Waals surface area contributed by atoms with Gasteiger partial charge in [-0.2, -0.15) is 18.3 Å². The SMILES string of the molecule is CCNC(=O)N/N=C/c1cccc(C(F)(F)F)c1. The lowest BCUT2D eigenvalue weighted by atomic mass is 10.1. The number of nitrogens with one attached hydrogen (secondary N) is 2. The fourth-order valence-electron chi connectivity index (χ4n) is 1.16. The maximum absolute atomic E-state index is 12.4. The Morgan fingerprint density at radius 1 is 1.44 bits per heavy atom. The Bertz CT molecular complexity index is 443. The minimum absolute atomic E-state index is 0.252. The van der Waals surface area contributed by atoms with Crippen LogP contribution in [-0.4, -0.2) is 18.8 Å². The van der Waals surface area contributed by atoms with E-state index in [4.69, 9.17) is 0 Å². The highest BCUT2D eigenvalue weighted by Crippen LogP contribution is 2.29. The number of urea groups is 1. The summed E-state index contributed by atoms with van der Waals surface area (Å²) in [5.41, 5.74) is 1.62. The van der Waals surface area contributed by atoms with E-state index in [1.807, 2.05) is 0 Å². The largest absolute Gasteiger partial charge is 0.416 e. The van der Waals surface area contributed by atoms with E-state index in [1.165, 1.54) is 12.1 Å². The van der Waals surface area contributed by atoms with E-state index >= 15 is 0 Å². The normalized spacial score (nSPS) is 11.6. The van der Waals surface area contributed by atoms with Gasteiger partial charge in [-0.1, -0.05) is 12.1 Å². The van der Waals surface area contributed by atoms with Crippen molar-refractivity contribution in [3.05, 3.63) is 35.4 Å². The van der Waals surface area contributed by atoms with Gasteiger partial charge in [0.25, 0.3) is 0 Å². The Morgan fingerprint density at radius 2 is 2.17 bits per heavy atom. The molecule has 0 radical (unpaired) electrons. The van der Waals surface area contributed by atoms with Gasteiger partial charge in [0.2, 0.25) is 0 Å². The van der Waals surface area contributed by atoms with Crippen LogP contribution in [0, 0.1) is 0 Å². The summed E-state index contributed by atoms with van der Waals surface area (Å²) < 4.78 is 37.2. The molecule has 0 fully saturated rings. The van der Waals surface area contributed by atoms with Gasteiger partial charge in [0.15, 0.2) is 0 Å². The topological polar surface area (TPSA) is 53.5 Å². The number of rotatable bonds is 3. The third-order valence-corrected chi connectivity index (χ3v) is 1.93. The smallest absolute Gasteiger partial charge is 0.337 e. The number of nitrogens with zero attached hydrogens (tertiary/aromatic N) is 1. The first-order valence-corrected chi connectivity index (χ1v) is 5.17. The van der Waals surface area contributed by atoms with Gasteiger partial charge in [-0.15, -0.1) is 0 Å². The Hall–Kier alpha value is -2.05. The van der Waals surface area contributed by atoms with Gasteiger partial charge in [-0.05, 0) is 24.6 Å². The summed E-state index contributed by atoms with van der Waals surface area (Å²) >= 11 is 0. The van der Waals surface area contributed by atoms with E-state index in [0.717, 1.165) is 18.3 Å². The first-order valence-electron chi connectivity index (χ1n) is 5.17. The lowest BCUT2D eigenvalue weighted by Crippen LogP contribution is -2.31. The average Bonchev–Trinajstić information content (AvgIpc) is 2.29. The number of carbonyl (C=O) groups is 1. The first-order chi connectivity index (χ1) is 8.43. The van der Waals surface area contributed by atoms with Gasteiger partial charge in [0.1, 0.15) is 0 Å². The van der Waals surface area contributed by atoms with Crippen LogP contribution in [0.1, 0.15) is 18.1 Å². The van der Waals surface area contributed by atoms with E-state index in [-0.39, 0.29) is 5.56 Å². The Balaban J connectivity index is 2.68. The van der Waals surface area contributed by atoms with E-state index < -0.39 is 17.8 Å². The van der Waals surface area contributed by atoms with Crippen molar-refractivity contribution in [1.82, 2.24) is 10.7 Å². The Morgan fingerprint density at radius 3 is 2.78 bits per heavy atom. The molecule has 0 aliphatic carbocycles. The summed E-state index contributed by atoms with van der Waals surface area (Å²) in [6.07, 6.45) is -3.25. The molecule has 7 heteroatoms. The fourth-order valence-corrected chi connectivity index (χ4v) is 1.16. The molecule has 2 amide bonds. The number of hydrazone groups is 1. The van der Waals surface area contributed by atoms with E-state index in [0.29, 0.717) is 6.54 Å². The number of halogens is 3. The molecule has 0 aromatic heterocycles. The minimum atomic E-state index is -4.39. The molecule has 1 aromatic rings. The van der Waals surface area contributed by atoms with Crippen molar-refractivity contribution in [2.24, 2.45) is 5.10 Å². The van der Waals surface area contributed by atoms with Crippen molar-refractivity contribution in [3.8, 4) is 0 Å². The minimum Gasteiger partial charge on any atom is -0.337 e. The zero-order chi connectivity index (χ0) is 13.6. The molecule has 1 rings (SSSR count). The molecular formula is C11H12F3N3O. The molecule has 0 aliphatic heterocycles.